The van der Waals surface area contributed by atoms with Crippen molar-refractivity contribution in [3.8, 4) is 0 Å². The first-order valence-corrected chi connectivity index (χ1v) is 6.87. The van der Waals surface area contributed by atoms with E-state index in [1.165, 1.54) is 11.1 Å². The van der Waals surface area contributed by atoms with E-state index in [9.17, 15) is 0 Å². The zero-order chi connectivity index (χ0) is 13.3. The van der Waals surface area contributed by atoms with Crippen molar-refractivity contribution >= 4 is 0 Å². The quantitative estimate of drug-likeness (QED) is 0.768. The predicted molar refractivity (Wildman–Crippen MR) is 82.2 cm³/mol. The van der Waals surface area contributed by atoms with Gasteiger partial charge in [0.25, 0.3) is 0 Å². The molecule has 0 amide bonds. The van der Waals surface area contributed by atoms with Crippen LogP contribution in [0.25, 0.3) is 0 Å². The van der Waals surface area contributed by atoms with Crippen LogP contribution >= 0.6 is 0 Å². The highest BCUT2D eigenvalue weighted by Gasteiger charge is 2.12. The smallest absolute Gasteiger partial charge is 0.0106 e. The molecule has 0 spiro atoms. The number of hydrogen-bond acceptors (Lipinski definition) is 1. The fraction of sp³-hybridized carbons (Fsp3) is 0.222. The maximum Gasteiger partial charge on any atom is 0.0106 e. The van der Waals surface area contributed by atoms with Crippen molar-refractivity contribution in [2.24, 2.45) is 5.73 Å². The molecular weight excluding hydrogens is 230 g/mol. The normalized spacial score (nSPS) is 11.3. The molecule has 0 saturated heterocycles. The number of nitrogens with two attached hydrogens (primary N) is 1. The number of benzene rings is 2. The van der Waals surface area contributed by atoms with Crippen molar-refractivity contribution in [2.45, 2.75) is 18.8 Å². The van der Waals surface area contributed by atoms with E-state index in [-0.39, 0.29) is 0 Å². The molecule has 0 atom stereocenters. The molecule has 2 N–H and O–H groups in total. The van der Waals surface area contributed by atoms with Gasteiger partial charge in [-0.2, -0.15) is 0 Å². The molecule has 0 fully saturated rings. The highest BCUT2D eigenvalue weighted by atomic mass is 14.5. The molecule has 2 aromatic rings. The molecule has 0 aliphatic carbocycles. The van der Waals surface area contributed by atoms with Crippen molar-refractivity contribution in [1.29, 1.82) is 0 Å². The predicted octanol–water partition coefficient (Wildman–Crippen LogP) is 4.11. The van der Waals surface area contributed by atoms with Crippen molar-refractivity contribution in [3.63, 3.8) is 0 Å². The van der Waals surface area contributed by atoms with E-state index in [4.69, 9.17) is 5.73 Å². The minimum atomic E-state index is 0.463. The number of allylic oxidation sites excluding steroid dienone is 1. The first-order chi connectivity index (χ1) is 9.42. The van der Waals surface area contributed by atoms with Gasteiger partial charge in [-0.1, -0.05) is 72.8 Å². The van der Waals surface area contributed by atoms with Crippen LogP contribution in [0.1, 0.15) is 29.9 Å². The van der Waals surface area contributed by atoms with E-state index in [2.05, 4.69) is 66.7 Å². The third-order valence-corrected chi connectivity index (χ3v) is 3.33. The summed E-state index contributed by atoms with van der Waals surface area (Å²) in [5.41, 5.74) is 8.25. The van der Waals surface area contributed by atoms with E-state index in [0.29, 0.717) is 12.5 Å². The Morgan fingerprint density at radius 1 is 0.789 bits per heavy atom. The summed E-state index contributed by atoms with van der Waals surface area (Å²) in [7, 11) is 0. The first-order valence-electron chi connectivity index (χ1n) is 6.87. The minimum absolute atomic E-state index is 0.463. The summed E-state index contributed by atoms with van der Waals surface area (Å²) >= 11 is 0. The topological polar surface area (TPSA) is 26.0 Å². The van der Waals surface area contributed by atoms with Gasteiger partial charge in [0.1, 0.15) is 0 Å². The highest BCUT2D eigenvalue weighted by molar-refractivity contribution is 5.32. The van der Waals surface area contributed by atoms with Crippen LogP contribution in [-0.2, 0) is 0 Å². The molecule has 0 aliphatic rings. The van der Waals surface area contributed by atoms with Crippen LogP contribution in [0.3, 0.4) is 0 Å². The highest BCUT2D eigenvalue weighted by Crippen LogP contribution is 2.29. The van der Waals surface area contributed by atoms with E-state index in [0.717, 1.165) is 12.8 Å². The molecule has 1 nitrogen and oxygen atoms in total. The molecule has 2 aromatic carbocycles. The van der Waals surface area contributed by atoms with Crippen molar-refractivity contribution < 1.29 is 0 Å². The Morgan fingerprint density at radius 3 is 1.79 bits per heavy atom. The van der Waals surface area contributed by atoms with Crippen LogP contribution in [0, 0.1) is 0 Å². The largest absolute Gasteiger partial charge is 0.327 e. The average Bonchev–Trinajstić information content (AvgIpc) is 2.49. The Balaban J connectivity index is 2.17. The number of hydrogen-bond donors (Lipinski definition) is 1. The first kappa shape index (κ1) is 13.6. The molecular formula is C18H21N. The monoisotopic (exact) mass is 251 g/mol. The molecule has 0 unspecified atom stereocenters. The Hall–Kier alpha value is -1.86. The second-order valence-electron chi connectivity index (χ2n) is 4.66. The molecule has 19 heavy (non-hydrogen) atoms. The molecule has 0 radical (unpaired) electrons. The average molecular weight is 251 g/mol. The second kappa shape index (κ2) is 7.55. The summed E-state index contributed by atoms with van der Waals surface area (Å²) in [6.45, 7) is 0.626. The molecule has 98 valence electrons. The molecule has 0 saturated carbocycles. The van der Waals surface area contributed by atoms with Crippen molar-refractivity contribution in [3.05, 3.63) is 83.9 Å². The van der Waals surface area contributed by atoms with Gasteiger partial charge in [-0.05, 0) is 24.0 Å². The van der Waals surface area contributed by atoms with Gasteiger partial charge in [0.05, 0.1) is 0 Å². The summed E-state index contributed by atoms with van der Waals surface area (Å²) in [6.07, 6.45) is 6.39. The maximum absolute atomic E-state index is 5.48. The third kappa shape index (κ3) is 4.08. The lowest BCUT2D eigenvalue weighted by molar-refractivity contribution is 0.727. The van der Waals surface area contributed by atoms with Crippen LogP contribution < -0.4 is 5.73 Å². The standard InChI is InChI=1S/C18H21N/c19-15-9-3-8-14-18(16-10-4-1-5-11-16)17-12-6-2-7-13-17/h1-7,9-13,18H,8,14-15,19H2. The van der Waals surface area contributed by atoms with Crippen molar-refractivity contribution in [1.82, 2.24) is 0 Å². The lowest BCUT2D eigenvalue weighted by Crippen LogP contribution is -2.00. The minimum Gasteiger partial charge on any atom is -0.327 e. The Labute approximate surface area is 115 Å². The van der Waals surface area contributed by atoms with Crippen LogP contribution in [0.2, 0.25) is 0 Å². The fourth-order valence-corrected chi connectivity index (χ4v) is 2.37. The summed E-state index contributed by atoms with van der Waals surface area (Å²) in [5, 5.41) is 0. The second-order valence-corrected chi connectivity index (χ2v) is 4.66. The third-order valence-electron chi connectivity index (χ3n) is 3.33. The Kier molecular flexibility index (Phi) is 5.39. The van der Waals surface area contributed by atoms with E-state index >= 15 is 0 Å². The molecule has 2 rings (SSSR count). The molecule has 0 aromatic heterocycles. The maximum atomic E-state index is 5.48. The molecule has 1 heteroatoms. The molecule has 0 aliphatic heterocycles. The molecule has 0 bridgehead atoms. The zero-order valence-corrected chi connectivity index (χ0v) is 11.2. The van der Waals surface area contributed by atoms with E-state index < -0.39 is 0 Å². The van der Waals surface area contributed by atoms with Gasteiger partial charge in [0, 0.05) is 12.5 Å². The van der Waals surface area contributed by atoms with Gasteiger partial charge in [-0.3, -0.25) is 0 Å². The SMILES string of the molecule is NCC=CCCC(c1ccccc1)c1ccccc1. The Morgan fingerprint density at radius 2 is 1.32 bits per heavy atom. The van der Waals surface area contributed by atoms with Crippen molar-refractivity contribution in [2.75, 3.05) is 6.54 Å². The van der Waals surface area contributed by atoms with Crippen LogP contribution in [0.5, 0.6) is 0 Å². The summed E-state index contributed by atoms with van der Waals surface area (Å²) in [5.74, 6) is 0.463. The summed E-state index contributed by atoms with van der Waals surface area (Å²) < 4.78 is 0. The fourth-order valence-electron chi connectivity index (χ4n) is 2.37. The Bertz CT molecular complexity index is 448. The molecule has 0 heterocycles. The summed E-state index contributed by atoms with van der Waals surface area (Å²) in [4.78, 5) is 0. The van der Waals surface area contributed by atoms with Gasteiger partial charge in [0.15, 0.2) is 0 Å². The van der Waals surface area contributed by atoms with Crippen LogP contribution in [0.15, 0.2) is 72.8 Å². The van der Waals surface area contributed by atoms with Gasteiger partial charge in [0.2, 0.25) is 0 Å². The number of rotatable bonds is 6. The van der Waals surface area contributed by atoms with E-state index in [1.807, 2.05) is 6.08 Å². The lowest BCUT2D eigenvalue weighted by atomic mass is 9.87. The van der Waals surface area contributed by atoms with Gasteiger partial charge >= 0.3 is 0 Å². The summed E-state index contributed by atoms with van der Waals surface area (Å²) in [6, 6.07) is 21.4. The van der Waals surface area contributed by atoms with Gasteiger partial charge in [-0.15, -0.1) is 0 Å². The van der Waals surface area contributed by atoms with Crippen LogP contribution in [-0.4, -0.2) is 6.54 Å². The van der Waals surface area contributed by atoms with E-state index in [1.54, 1.807) is 0 Å². The zero-order valence-electron chi connectivity index (χ0n) is 11.2. The van der Waals surface area contributed by atoms with Gasteiger partial charge < -0.3 is 5.73 Å². The lowest BCUT2D eigenvalue weighted by Gasteiger charge is -2.17. The van der Waals surface area contributed by atoms with Crippen LogP contribution in [0.4, 0.5) is 0 Å². The van der Waals surface area contributed by atoms with Gasteiger partial charge in [-0.25, -0.2) is 0 Å².